The van der Waals surface area contributed by atoms with Crippen LogP contribution >= 0.6 is 15.2 Å². The Bertz CT molecular complexity index is 2450. The van der Waals surface area contributed by atoms with E-state index >= 15 is 0 Å². The Morgan fingerprint density at radius 1 is 0.570 bits per heavy atom. The molecule has 2 unspecified atom stereocenters. The fraction of sp³-hybridized carbons (Fsp3) is 0.636. The summed E-state index contributed by atoms with van der Waals surface area (Å²) in [6, 6.07) is 29.0. The molecule has 2 N–H and O–H groups in total. The summed E-state index contributed by atoms with van der Waals surface area (Å²) in [5, 5.41) is 18.7. The molecule has 2 fully saturated rings. The van der Waals surface area contributed by atoms with Gasteiger partial charge in [-0.25, -0.2) is 0 Å². The highest BCUT2D eigenvalue weighted by molar-refractivity contribution is 7.54. The molecule has 2 atom stereocenters. The van der Waals surface area contributed by atoms with E-state index < -0.39 is 15.2 Å². The van der Waals surface area contributed by atoms with E-state index in [0.717, 1.165) is 81.8 Å². The van der Waals surface area contributed by atoms with Crippen molar-refractivity contribution < 1.29 is 42.2 Å². The standard InChI is InChI=1S/C33H52NO4P.C20H33NO.C13H21O4P/c1-8-37-39(35,38-9-2)27(4)23-29-12-10-14-31(24-29)36-25-28-17-20-34(21-18-28)32-22-26(3)15-16-30(32)13-11-19-33(5,6)7;1-16-7-8-18(6-5-11-20(2,3)4)19(14-16)21-12-9-17(15-22)10-13-21;1-4-16-18(15,17-5-2)11(3)9-12-7-6-8-13(14)10-12/h10,12,14-16,22,24,27-28H,8-9,11,13,17-21,23,25H2,1-7H3;7-8,14,17,22H,5-6,9-13,15H2,1-4H3;6-8,10-11,14H,4-5,9H2,1-3H3. The van der Waals surface area contributed by atoms with Crippen LogP contribution in [0.25, 0.3) is 0 Å². The second-order valence-electron chi connectivity index (χ2n) is 24.6. The van der Waals surface area contributed by atoms with E-state index in [2.05, 4.69) is 114 Å². The molecular weight excluding hydrogens is 1030 g/mol. The van der Waals surface area contributed by atoms with Gasteiger partial charge in [-0.05, 0) is 211 Å². The SMILES string of the molecule is CCOP(=O)(OCC)C(C)Cc1cccc(O)c1.CCOP(=O)(OCC)C(C)Cc1cccc(OCC2CCN(c3cc(C)ccc3CCCC(C)(C)C)CC2)c1.Cc1ccc(CCCC(C)(C)C)c(N2CCC(CO)CC2)c1. The van der Waals surface area contributed by atoms with E-state index in [1.807, 2.05) is 45.9 Å². The number of hydrogen-bond donors (Lipinski definition) is 2. The van der Waals surface area contributed by atoms with Crippen molar-refractivity contribution in [1.82, 2.24) is 0 Å². The first-order chi connectivity index (χ1) is 37.4. The lowest BCUT2D eigenvalue weighted by Crippen LogP contribution is -2.36. The molecule has 444 valence electrons. The maximum absolute atomic E-state index is 13.1. The molecule has 0 saturated carbocycles. The Hall–Kier alpha value is -3.66. The fourth-order valence-corrected chi connectivity index (χ4v) is 14.0. The summed E-state index contributed by atoms with van der Waals surface area (Å²) in [4.78, 5) is 5.12. The predicted octanol–water partition coefficient (Wildman–Crippen LogP) is 17.0. The first kappa shape index (κ1) is 67.8. The van der Waals surface area contributed by atoms with E-state index in [0.29, 0.717) is 68.5 Å². The Morgan fingerprint density at radius 2 is 0.975 bits per heavy atom. The normalized spacial score (nSPS) is 15.7. The van der Waals surface area contributed by atoms with Crippen LogP contribution in [0.4, 0.5) is 11.4 Å². The highest BCUT2D eigenvalue weighted by atomic mass is 31.2. The topological polar surface area (TPSA) is 127 Å². The fourth-order valence-electron chi connectivity index (χ4n) is 10.5. The third-order valence-corrected chi connectivity index (χ3v) is 20.1. The number of aliphatic hydroxyl groups is 1. The number of phenols is 1. The van der Waals surface area contributed by atoms with Gasteiger partial charge >= 0.3 is 15.2 Å². The summed E-state index contributed by atoms with van der Waals surface area (Å²) in [6.45, 7) is 36.3. The number of benzene rings is 4. The third-order valence-electron chi connectivity index (χ3n) is 15.1. The minimum absolute atomic E-state index is 0.211. The van der Waals surface area contributed by atoms with Crippen LogP contribution in [0, 0.1) is 36.5 Å². The molecule has 0 radical (unpaired) electrons. The van der Waals surface area contributed by atoms with Crippen molar-refractivity contribution in [1.29, 1.82) is 0 Å². The average Bonchev–Trinajstić information content (AvgIpc) is 3.39. The molecule has 2 saturated heterocycles. The first-order valence-corrected chi connectivity index (χ1v) is 33.2. The minimum Gasteiger partial charge on any atom is -0.508 e. The molecule has 13 heteroatoms. The van der Waals surface area contributed by atoms with E-state index in [-0.39, 0.29) is 17.1 Å². The zero-order valence-corrected chi connectivity index (χ0v) is 53.3. The van der Waals surface area contributed by atoms with Gasteiger partial charge in [0, 0.05) is 44.2 Å². The molecule has 79 heavy (non-hydrogen) atoms. The van der Waals surface area contributed by atoms with Gasteiger partial charge in [0.25, 0.3) is 0 Å². The lowest BCUT2D eigenvalue weighted by molar-refractivity contribution is 0.203. The number of nitrogens with zero attached hydrogens (tertiary/aromatic N) is 2. The van der Waals surface area contributed by atoms with Crippen LogP contribution in [0.1, 0.15) is 168 Å². The molecule has 6 rings (SSSR count). The van der Waals surface area contributed by atoms with Gasteiger partial charge < -0.3 is 42.8 Å². The van der Waals surface area contributed by atoms with Crippen LogP contribution in [0.15, 0.2) is 84.9 Å². The van der Waals surface area contributed by atoms with Crippen LogP contribution in [0.2, 0.25) is 0 Å². The number of piperidine rings is 2. The van der Waals surface area contributed by atoms with Crippen LogP contribution in [0.5, 0.6) is 11.5 Å². The largest absolute Gasteiger partial charge is 0.508 e. The van der Waals surface area contributed by atoms with Crippen molar-refractivity contribution in [2.45, 2.75) is 185 Å². The molecule has 11 nitrogen and oxygen atoms in total. The highest BCUT2D eigenvalue weighted by Gasteiger charge is 2.33. The maximum Gasteiger partial charge on any atom is 0.333 e. The zero-order valence-electron chi connectivity index (χ0n) is 51.5. The van der Waals surface area contributed by atoms with Gasteiger partial charge in [0.2, 0.25) is 0 Å². The molecule has 0 spiro atoms. The number of hydrogen-bond acceptors (Lipinski definition) is 11. The van der Waals surface area contributed by atoms with Crippen LogP contribution < -0.4 is 14.5 Å². The van der Waals surface area contributed by atoms with Gasteiger partial charge in [-0.1, -0.05) is 104 Å². The van der Waals surface area contributed by atoms with E-state index in [1.54, 1.807) is 32.0 Å². The maximum atomic E-state index is 13.1. The van der Waals surface area contributed by atoms with Gasteiger partial charge in [0.15, 0.2) is 0 Å². The number of rotatable bonds is 26. The van der Waals surface area contributed by atoms with Gasteiger partial charge in [-0.2, -0.15) is 0 Å². The van der Waals surface area contributed by atoms with Crippen molar-refractivity contribution in [3.05, 3.63) is 118 Å². The summed E-state index contributed by atoms with van der Waals surface area (Å²) in [6.07, 6.45) is 13.0. The second kappa shape index (κ2) is 33.4. The molecule has 4 aromatic rings. The highest BCUT2D eigenvalue weighted by Crippen LogP contribution is 2.55. The third kappa shape index (κ3) is 24.0. The number of phenolic OH excluding ortho intramolecular Hbond substituents is 1. The van der Waals surface area contributed by atoms with Gasteiger partial charge in [0.1, 0.15) is 11.5 Å². The molecule has 0 amide bonds. The molecular formula is C66H106N2O9P2. The predicted molar refractivity (Wildman–Crippen MR) is 332 cm³/mol. The smallest absolute Gasteiger partial charge is 0.333 e. The van der Waals surface area contributed by atoms with Gasteiger partial charge in [0.05, 0.1) is 44.4 Å². The molecule has 0 aromatic heterocycles. The van der Waals surface area contributed by atoms with E-state index in [4.69, 9.17) is 22.8 Å². The molecule has 0 bridgehead atoms. The van der Waals surface area contributed by atoms with Crippen LogP contribution in [-0.2, 0) is 52.9 Å². The summed E-state index contributed by atoms with van der Waals surface area (Å²) in [5.74, 6) is 2.14. The van der Waals surface area contributed by atoms with Crippen LogP contribution in [-0.4, -0.2) is 87.4 Å². The number of aryl methyl sites for hydroxylation is 4. The Morgan fingerprint density at radius 3 is 1.37 bits per heavy atom. The minimum atomic E-state index is -3.13. The summed E-state index contributed by atoms with van der Waals surface area (Å²) in [5.41, 5.74) is 10.9. The molecule has 4 aromatic carbocycles. The zero-order chi connectivity index (χ0) is 58.2. The number of anilines is 2. The number of aromatic hydroxyl groups is 1. The Labute approximate surface area is 480 Å². The van der Waals surface area contributed by atoms with Crippen molar-refractivity contribution in [2.24, 2.45) is 22.7 Å². The summed E-state index contributed by atoms with van der Waals surface area (Å²) in [7, 11) is -6.20. The molecule has 2 heterocycles. The quantitative estimate of drug-likeness (QED) is 0.0584. The number of aliphatic hydroxyl groups excluding tert-OH is 1. The average molecular weight is 1130 g/mol. The molecule has 2 aliphatic heterocycles. The lowest BCUT2D eigenvalue weighted by atomic mass is 9.88. The molecule has 0 aliphatic carbocycles. The van der Waals surface area contributed by atoms with E-state index in [9.17, 15) is 19.3 Å². The van der Waals surface area contributed by atoms with Crippen LogP contribution in [0.3, 0.4) is 0 Å². The lowest BCUT2D eigenvalue weighted by Gasteiger charge is -2.35. The molecule has 2 aliphatic rings. The first-order valence-electron chi connectivity index (χ1n) is 30.0. The van der Waals surface area contributed by atoms with Crippen molar-refractivity contribution in [2.75, 3.05) is 75.6 Å². The van der Waals surface area contributed by atoms with Crippen molar-refractivity contribution >= 4 is 26.6 Å². The van der Waals surface area contributed by atoms with Crippen molar-refractivity contribution in [3.8, 4) is 11.5 Å². The summed E-state index contributed by atoms with van der Waals surface area (Å²) < 4.78 is 53.6. The Kier molecular flexibility index (Phi) is 28.7. The van der Waals surface area contributed by atoms with Crippen molar-refractivity contribution in [3.63, 3.8) is 0 Å². The summed E-state index contributed by atoms with van der Waals surface area (Å²) >= 11 is 0. The monoisotopic (exact) mass is 1130 g/mol. The number of ether oxygens (including phenoxy) is 1. The van der Waals surface area contributed by atoms with Gasteiger partial charge in [-0.15, -0.1) is 0 Å². The van der Waals surface area contributed by atoms with Gasteiger partial charge in [-0.3, -0.25) is 9.13 Å². The van der Waals surface area contributed by atoms with E-state index in [1.165, 1.54) is 65.7 Å². The Balaban J connectivity index is 0.000000283. The second-order valence-corrected chi connectivity index (χ2v) is 29.6.